The van der Waals surface area contributed by atoms with Crippen molar-refractivity contribution in [1.82, 2.24) is 9.55 Å². The van der Waals surface area contributed by atoms with E-state index in [1.807, 2.05) is 80.0 Å². The van der Waals surface area contributed by atoms with Gasteiger partial charge >= 0.3 is 0 Å². The molecule has 0 aliphatic heterocycles. The van der Waals surface area contributed by atoms with E-state index in [0.717, 1.165) is 42.6 Å². The van der Waals surface area contributed by atoms with E-state index < -0.39 is 5.41 Å². The molecule has 4 rings (SSSR count). The van der Waals surface area contributed by atoms with Crippen LogP contribution in [0, 0.1) is 18.8 Å². The van der Waals surface area contributed by atoms with Gasteiger partial charge in [-0.1, -0.05) is 73.7 Å². The molecule has 1 aromatic heterocycles. The Balaban J connectivity index is 0.00000289. The molecule has 2 N–H and O–H groups in total. The summed E-state index contributed by atoms with van der Waals surface area (Å²) in [6, 6.07) is 20.2. The van der Waals surface area contributed by atoms with Crippen molar-refractivity contribution in [2.75, 3.05) is 0 Å². The number of hydrogen-bond donors (Lipinski definition) is 1. The predicted octanol–water partition coefficient (Wildman–Crippen LogP) is 5.91. The molecule has 1 amide bonds. The van der Waals surface area contributed by atoms with E-state index in [0.29, 0.717) is 5.92 Å². The lowest BCUT2D eigenvalue weighted by molar-refractivity contribution is -0.123. The molecule has 0 radical (unpaired) electrons. The minimum atomic E-state index is -0.817. The van der Waals surface area contributed by atoms with Crippen molar-refractivity contribution in [3.05, 3.63) is 96.1 Å². The Morgan fingerprint density at radius 2 is 1.69 bits per heavy atom. The number of nitrogens with zero attached hydrogens (tertiary/aromatic N) is 2. The van der Waals surface area contributed by atoms with Gasteiger partial charge in [0.15, 0.2) is 0 Å². The highest BCUT2D eigenvalue weighted by atomic mass is 79.9. The van der Waals surface area contributed by atoms with Crippen LogP contribution in [0.25, 0.3) is 5.70 Å². The summed E-state index contributed by atoms with van der Waals surface area (Å²) >= 11 is 0. The lowest BCUT2D eigenvalue weighted by Crippen LogP contribution is -2.47. The van der Waals surface area contributed by atoms with Crippen LogP contribution in [-0.4, -0.2) is 15.5 Å². The molecule has 0 unspecified atom stereocenters. The zero-order valence-electron chi connectivity index (χ0n) is 18.8. The number of imidazole rings is 1. The lowest BCUT2D eigenvalue weighted by Gasteiger charge is -2.37. The Kier molecular flexibility index (Phi) is 7.73. The van der Waals surface area contributed by atoms with E-state index in [1.54, 1.807) is 0 Å². The first-order valence-corrected chi connectivity index (χ1v) is 11.2. The third kappa shape index (κ3) is 4.31. The first-order valence-electron chi connectivity index (χ1n) is 11.2. The minimum absolute atomic E-state index is 0. The second-order valence-electron chi connectivity index (χ2n) is 8.53. The van der Waals surface area contributed by atoms with Gasteiger partial charge in [-0.2, -0.15) is 0 Å². The Bertz CT molecular complexity index is 1020. The van der Waals surface area contributed by atoms with Gasteiger partial charge in [-0.15, -0.1) is 17.0 Å². The SMILES string of the molecule is Br.CC/C(=C\[C@H]1CC[C@@H](C(C(N)=O)(c2ccccc2)c2ccccc2)C1)n1ccnc1C. The molecule has 32 heavy (non-hydrogen) atoms. The second kappa shape index (κ2) is 10.3. The molecule has 3 aromatic rings. The Morgan fingerprint density at radius 3 is 2.16 bits per heavy atom. The fourth-order valence-electron chi connectivity index (χ4n) is 5.41. The number of amides is 1. The summed E-state index contributed by atoms with van der Waals surface area (Å²) in [5.74, 6) is 1.30. The molecule has 4 nitrogen and oxygen atoms in total. The van der Waals surface area contributed by atoms with E-state index >= 15 is 0 Å². The van der Waals surface area contributed by atoms with Crippen LogP contribution in [0.5, 0.6) is 0 Å². The number of hydrogen-bond acceptors (Lipinski definition) is 2. The highest BCUT2D eigenvalue weighted by Crippen LogP contribution is 2.49. The second-order valence-corrected chi connectivity index (χ2v) is 8.53. The molecule has 0 saturated heterocycles. The van der Waals surface area contributed by atoms with E-state index in [9.17, 15) is 4.79 Å². The molecule has 1 saturated carbocycles. The molecule has 1 fully saturated rings. The molecule has 0 bridgehead atoms. The monoisotopic (exact) mass is 493 g/mol. The third-order valence-corrected chi connectivity index (χ3v) is 6.86. The Morgan fingerprint density at radius 1 is 1.09 bits per heavy atom. The van der Waals surface area contributed by atoms with Gasteiger partial charge in [0.05, 0.1) is 0 Å². The summed E-state index contributed by atoms with van der Waals surface area (Å²) < 4.78 is 2.17. The molecular weight excluding hydrogens is 462 g/mol. The summed E-state index contributed by atoms with van der Waals surface area (Å²) in [5, 5.41) is 0. The topological polar surface area (TPSA) is 60.9 Å². The molecule has 5 heteroatoms. The van der Waals surface area contributed by atoms with Crippen LogP contribution < -0.4 is 5.73 Å². The van der Waals surface area contributed by atoms with Crippen LogP contribution in [0.15, 0.2) is 79.1 Å². The number of aromatic nitrogens is 2. The van der Waals surface area contributed by atoms with Gasteiger partial charge in [-0.3, -0.25) is 4.79 Å². The van der Waals surface area contributed by atoms with Gasteiger partial charge in [0.2, 0.25) is 5.91 Å². The number of nitrogens with two attached hydrogens (primary N) is 1. The summed E-state index contributed by atoms with van der Waals surface area (Å²) in [5.41, 5.74) is 8.65. The zero-order chi connectivity index (χ0) is 21.8. The van der Waals surface area contributed by atoms with Gasteiger partial charge in [0.1, 0.15) is 11.2 Å². The number of rotatable bonds is 7. The van der Waals surface area contributed by atoms with Crippen molar-refractivity contribution in [2.45, 2.75) is 44.9 Å². The van der Waals surface area contributed by atoms with Crippen LogP contribution in [0.3, 0.4) is 0 Å². The average Bonchev–Trinajstić information content (AvgIpc) is 3.43. The number of aryl methyl sites for hydroxylation is 1. The van der Waals surface area contributed by atoms with Crippen LogP contribution in [-0.2, 0) is 10.2 Å². The third-order valence-electron chi connectivity index (χ3n) is 6.86. The number of allylic oxidation sites excluding steroid dienone is 2. The molecule has 1 heterocycles. The van der Waals surface area contributed by atoms with Crippen molar-refractivity contribution in [3.8, 4) is 0 Å². The standard InChI is InChI=1S/C27H31N3O.BrH/c1-3-25(30-17-16-29-20(30)2)19-21-14-15-24(18-21)27(26(28)31,22-10-6-4-7-11-22)23-12-8-5-9-13-23;/h4-13,16-17,19,21,24H,3,14-15,18H2,1-2H3,(H2,28,31);1H/b25-19+;/t21-,24+;/m0./s1. The fourth-order valence-corrected chi connectivity index (χ4v) is 5.41. The van der Waals surface area contributed by atoms with Gasteiger partial charge < -0.3 is 10.3 Å². The van der Waals surface area contributed by atoms with Gasteiger partial charge in [-0.25, -0.2) is 4.98 Å². The summed E-state index contributed by atoms with van der Waals surface area (Å²) in [4.78, 5) is 17.6. The van der Waals surface area contributed by atoms with Gasteiger partial charge in [-0.05, 0) is 55.6 Å². The van der Waals surface area contributed by atoms with Crippen molar-refractivity contribution in [3.63, 3.8) is 0 Å². The number of carbonyl (C=O) groups excluding carboxylic acids is 1. The minimum Gasteiger partial charge on any atom is -0.369 e. The molecule has 2 atom stereocenters. The quantitative estimate of drug-likeness (QED) is 0.444. The van der Waals surface area contributed by atoms with Gasteiger partial charge in [0, 0.05) is 18.1 Å². The molecule has 2 aromatic carbocycles. The Labute approximate surface area is 201 Å². The maximum atomic E-state index is 13.2. The molecule has 1 aliphatic rings. The van der Waals surface area contributed by atoms with Crippen molar-refractivity contribution in [2.24, 2.45) is 17.6 Å². The first kappa shape index (κ1) is 24.0. The largest absolute Gasteiger partial charge is 0.369 e. The summed E-state index contributed by atoms with van der Waals surface area (Å²) in [7, 11) is 0. The lowest BCUT2D eigenvalue weighted by atomic mass is 9.64. The maximum Gasteiger partial charge on any atom is 0.232 e. The first-order chi connectivity index (χ1) is 15.1. The highest BCUT2D eigenvalue weighted by Gasteiger charge is 2.49. The molecule has 168 valence electrons. The number of carbonyl (C=O) groups is 1. The number of primary amides is 1. The smallest absolute Gasteiger partial charge is 0.232 e. The van der Waals surface area contributed by atoms with Crippen molar-refractivity contribution >= 4 is 28.6 Å². The van der Waals surface area contributed by atoms with E-state index in [4.69, 9.17) is 5.73 Å². The van der Waals surface area contributed by atoms with Crippen molar-refractivity contribution in [1.29, 1.82) is 0 Å². The predicted molar refractivity (Wildman–Crippen MR) is 136 cm³/mol. The van der Waals surface area contributed by atoms with Crippen molar-refractivity contribution < 1.29 is 4.79 Å². The molecule has 0 spiro atoms. The summed E-state index contributed by atoms with van der Waals surface area (Å²) in [6.07, 6.45) is 10.2. The number of halogens is 1. The Hall–Kier alpha value is -2.66. The molecule has 1 aliphatic carbocycles. The number of benzene rings is 2. The summed E-state index contributed by atoms with van der Waals surface area (Å²) in [6.45, 7) is 4.21. The van der Waals surface area contributed by atoms with Crippen LogP contribution in [0.4, 0.5) is 0 Å². The molecular formula is C27H32BrN3O. The van der Waals surface area contributed by atoms with Crippen LogP contribution >= 0.6 is 17.0 Å². The maximum absolute atomic E-state index is 13.2. The van der Waals surface area contributed by atoms with Crippen LogP contribution in [0.2, 0.25) is 0 Å². The van der Waals surface area contributed by atoms with E-state index in [2.05, 4.69) is 22.6 Å². The average molecular weight is 494 g/mol. The fraction of sp³-hybridized carbons (Fsp3) is 0.333. The van der Waals surface area contributed by atoms with Crippen LogP contribution in [0.1, 0.15) is 49.6 Å². The normalized spacial score (nSPS) is 18.9. The zero-order valence-corrected chi connectivity index (χ0v) is 20.5. The van der Waals surface area contributed by atoms with E-state index in [1.165, 1.54) is 5.70 Å². The van der Waals surface area contributed by atoms with Gasteiger partial charge in [0.25, 0.3) is 0 Å². The highest BCUT2D eigenvalue weighted by molar-refractivity contribution is 8.93. The van der Waals surface area contributed by atoms with E-state index in [-0.39, 0.29) is 28.8 Å².